The average Bonchev–Trinajstić information content (AvgIpc) is 2.65. The maximum absolute atomic E-state index is 13.6. The third-order valence-corrected chi connectivity index (χ3v) is 3.92. The van der Waals surface area contributed by atoms with Crippen LogP contribution in [0, 0.1) is 18.6 Å². The van der Waals surface area contributed by atoms with Crippen LogP contribution in [-0.2, 0) is 9.53 Å². The number of esters is 1. The van der Waals surface area contributed by atoms with E-state index < -0.39 is 35.0 Å². The minimum Gasteiger partial charge on any atom is -0.449 e. The van der Waals surface area contributed by atoms with Crippen molar-refractivity contribution in [2.24, 2.45) is 0 Å². The number of hydrogen-bond donors (Lipinski definition) is 1. The summed E-state index contributed by atoms with van der Waals surface area (Å²) in [6, 6.07) is 8.41. The van der Waals surface area contributed by atoms with Crippen LogP contribution in [0.4, 0.5) is 14.5 Å². The van der Waals surface area contributed by atoms with Crippen LogP contribution in [0.15, 0.2) is 51.7 Å². The Morgan fingerprint density at radius 3 is 2.61 bits per heavy atom. The quantitative estimate of drug-likeness (QED) is 0.692. The zero-order valence-corrected chi connectivity index (χ0v) is 14.9. The van der Waals surface area contributed by atoms with Gasteiger partial charge in [0.2, 0.25) is 5.76 Å². The first kappa shape index (κ1) is 19.2. The van der Waals surface area contributed by atoms with Crippen LogP contribution in [0.2, 0.25) is 0 Å². The van der Waals surface area contributed by atoms with E-state index >= 15 is 0 Å². The van der Waals surface area contributed by atoms with E-state index in [0.717, 1.165) is 29.8 Å². The second-order valence-corrected chi connectivity index (χ2v) is 6.14. The minimum atomic E-state index is -1.35. The molecule has 8 heteroatoms. The second kappa shape index (κ2) is 7.59. The molecule has 0 aliphatic carbocycles. The highest BCUT2D eigenvalue weighted by Crippen LogP contribution is 2.17. The fourth-order valence-corrected chi connectivity index (χ4v) is 2.47. The maximum atomic E-state index is 13.6. The Morgan fingerprint density at radius 1 is 1.11 bits per heavy atom. The van der Waals surface area contributed by atoms with Gasteiger partial charge in [-0.15, -0.1) is 0 Å². The fourth-order valence-electron chi connectivity index (χ4n) is 2.47. The molecular weight excluding hydrogens is 372 g/mol. The number of carbonyl (C=O) groups excluding carboxylic acids is 2. The predicted molar refractivity (Wildman–Crippen MR) is 97.1 cm³/mol. The fraction of sp³-hybridized carbons (Fsp3) is 0.150. The number of carbonyl (C=O) groups is 2. The van der Waals surface area contributed by atoms with Crippen molar-refractivity contribution in [3.8, 4) is 0 Å². The molecule has 0 aliphatic heterocycles. The molecule has 6 nitrogen and oxygen atoms in total. The standard InChI is InChI=1S/C20H15F2NO5/c1-10-3-6-17-13(7-10)16(24)9-18(28-17)20(26)27-11(2)19(25)23-15-8-12(21)4-5-14(15)22/h3-9,11H,1-2H3,(H,23,25)/t11-/m1/s1. The summed E-state index contributed by atoms with van der Waals surface area (Å²) in [6.07, 6.45) is -1.35. The van der Waals surface area contributed by atoms with Crippen molar-refractivity contribution in [2.45, 2.75) is 20.0 Å². The lowest BCUT2D eigenvalue weighted by Crippen LogP contribution is -2.30. The summed E-state index contributed by atoms with van der Waals surface area (Å²) in [7, 11) is 0. The van der Waals surface area contributed by atoms with Gasteiger partial charge in [-0.1, -0.05) is 11.6 Å². The summed E-state index contributed by atoms with van der Waals surface area (Å²) in [5, 5.41) is 2.44. The van der Waals surface area contributed by atoms with Gasteiger partial charge in [0.15, 0.2) is 11.5 Å². The van der Waals surface area contributed by atoms with E-state index in [1.54, 1.807) is 18.2 Å². The molecule has 1 heterocycles. The number of rotatable bonds is 4. The number of amides is 1. The summed E-state index contributed by atoms with van der Waals surface area (Å²) in [5.74, 6) is -3.88. The van der Waals surface area contributed by atoms with Gasteiger partial charge in [-0.3, -0.25) is 9.59 Å². The molecule has 0 fully saturated rings. The maximum Gasteiger partial charge on any atom is 0.375 e. The van der Waals surface area contributed by atoms with Crippen molar-refractivity contribution in [3.05, 3.63) is 75.6 Å². The van der Waals surface area contributed by atoms with Gasteiger partial charge >= 0.3 is 5.97 Å². The van der Waals surface area contributed by atoms with Crippen molar-refractivity contribution in [2.75, 3.05) is 5.32 Å². The molecular formula is C20H15F2NO5. The first-order chi connectivity index (χ1) is 13.2. The molecule has 0 saturated carbocycles. The average molecular weight is 387 g/mol. The third-order valence-electron chi connectivity index (χ3n) is 3.92. The molecule has 28 heavy (non-hydrogen) atoms. The van der Waals surface area contributed by atoms with Crippen molar-refractivity contribution in [1.82, 2.24) is 0 Å². The summed E-state index contributed by atoms with van der Waals surface area (Å²) >= 11 is 0. The zero-order valence-electron chi connectivity index (χ0n) is 14.9. The molecule has 1 atom stereocenters. The van der Waals surface area contributed by atoms with E-state index in [1.165, 1.54) is 6.92 Å². The lowest BCUT2D eigenvalue weighted by molar-refractivity contribution is -0.123. The SMILES string of the molecule is Cc1ccc2oc(C(=O)O[C@H](C)C(=O)Nc3cc(F)ccc3F)cc(=O)c2c1. The summed E-state index contributed by atoms with van der Waals surface area (Å²) in [5.41, 5.74) is 0.227. The molecule has 0 unspecified atom stereocenters. The van der Waals surface area contributed by atoms with E-state index in [2.05, 4.69) is 5.32 Å². The van der Waals surface area contributed by atoms with E-state index in [9.17, 15) is 23.2 Å². The van der Waals surface area contributed by atoms with Crippen LogP contribution in [0.25, 0.3) is 11.0 Å². The Labute approximate surface area is 157 Å². The number of nitrogens with one attached hydrogen (secondary N) is 1. The van der Waals surface area contributed by atoms with Gasteiger partial charge in [0, 0.05) is 12.1 Å². The molecule has 1 N–H and O–H groups in total. The van der Waals surface area contributed by atoms with E-state index in [1.807, 2.05) is 6.92 Å². The van der Waals surface area contributed by atoms with Crippen LogP contribution < -0.4 is 10.7 Å². The second-order valence-electron chi connectivity index (χ2n) is 6.14. The smallest absolute Gasteiger partial charge is 0.375 e. The highest BCUT2D eigenvalue weighted by Gasteiger charge is 2.22. The number of ether oxygens (including phenoxy) is 1. The van der Waals surface area contributed by atoms with Gasteiger partial charge in [-0.2, -0.15) is 0 Å². The topological polar surface area (TPSA) is 85.6 Å². The van der Waals surface area contributed by atoms with Gasteiger partial charge in [-0.25, -0.2) is 13.6 Å². The lowest BCUT2D eigenvalue weighted by Gasteiger charge is -2.13. The molecule has 1 aromatic heterocycles. The number of aryl methyl sites for hydroxylation is 1. The molecule has 2 aromatic carbocycles. The molecule has 144 valence electrons. The first-order valence-corrected chi connectivity index (χ1v) is 8.26. The van der Waals surface area contributed by atoms with Crippen LogP contribution in [0.3, 0.4) is 0 Å². The van der Waals surface area contributed by atoms with Gasteiger partial charge in [-0.05, 0) is 38.1 Å². The van der Waals surface area contributed by atoms with E-state index in [-0.39, 0.29) is 17.0 Å². The van der Waals surface area contributed by atoms with E-state index in [0.29, 0.717) is 5.39 Å². The largest absolute Gasteiger partial charge is 0.449 e. The van der Waals surface area contributed by atoms with Crippen molar-refractivity contribution >= 4 is 28.5 Å². The molecule has 3 rings (SSSR count). The highest BCUT2D eigenvalue weighted by atomic mass is 19.1. The summed E-state index contributed by atoms with van der Waals surface area (Å²) in [6.45, 7) is 3.05. The highest BCUT2D eigenvalue weighted by molar-refractivity contribution is 5.97. The Kier molecular flexibility index (Phi) is 5.21. The van der Waals surface area contributed by atoms with Gasteiger partial charge in [0.1, 0.15) is 17.2 Å². The Bertz CT molecular complexity index is 1140. The molecule has 3 aromatic rings. The molecule has 0 spiro atoms. The summed E-state index contributed by atoms with van der Waals surface area (Å²) < 4.78 is 37.1. The molecule has 1 amide bonds. The van der Waals surface area contributed by atoms with Gasteiger partial charge < -0.3 is 14.5 Å². The summed E-state index contributed by atoms with van der Waals surface area (Å²) in [4.78, 5) is 36.5. The number of fused-ring (bicyclic) bond motifs is 1. The van der Waals surface area contributed by atoms with Crippen LogP contribution >= 0.6 is 0 Å². The van der Waals surface area contributed by atoms with Crippen molar-refractivity contribution in [3.63, 3.8) is 0 Å². The molecule has 0 radical (unpaired) electrons. The van der Waals surface area contributed by atoms with E-state index in [4.69, 9.17) is 9.15 Å². The van der Waals surface area contributed by atoms with Gasteiger partial charge in [0.25, 0.3) is 5.91 Å². The Morgan fingerprint density at radius 2 is 1.86 bits per heavy atom. The number of halogens is 2. The van der Waals surface area contributed by atoms with Gasteiger partial charge in [0.05, 0.1) is 11.1 Å². The van der Waals surface area contributed by atoms with Crippen molar-refractivity contribution in [1.29, 1.82) is 0 Å². The number of benzene rings is 2. The third kappa shape index (κ3) is 4.06. The number of anilines is 1. The zero-order chi connectivity index (χ0) is 20.4. The minimum absolute atomic E-state index is 0.198. The number of hydrogen-bond acceptors (Lipinski definition) is 5. The Hall–Kier alpha value is -3.55. The lowest BCUT2D eigenvalue weighted by atomic mass is 10.1. The Balaban J connectivity index is 1.76. The normalized spacial score (nSPS) is 11.9. The van der Waals surface area contributed by atoms with Crippen LogP contribution in [0.1, 0.15) is 23.0 Å². The molecule has 0 aliphatic rings. The monoisotopic (exact) mass is 387 g/mol. The van der Waals surface area contributed by atoms with Crippen molar-refractivity contribution < 1.29 is 27.5 Å². The van der Waals surface area contributed by atoms with Crippen LogP contribution in [0.5, 0.6) is 0 Å². The van der Waals surface area contributed by atoms with Crippen LogP contribution in [-0.4, -0.2) is 18.0 Å². The first-order valence-electron chi connectivity index (χ1n) is 8.26. The predicted octanol–water partition coefficient (Wildman–Crippen LogP) is 3.56. The molecule has 0 bridgehead atoms. The molecule has 0 saturated heterocycles.